The summed E-state index contributed by atoms with van der Waals surface area (Å²) in [4.78, 5) is 0. The standard InChI is InChI=1S/C27H28F4O2/c1-16-5-7-19(8-6-16)22-13-14-23(27(31)26(22)30)20-9-11-21(12-10-20)33-15-17(2)24(28)25(29)18(3)32-4/h5-8,13-14,20-21H,2-3,9-12,15H2,1,4H3/b25-24-. The Morgan fingerprint density at radius 1 is 0.909 bits per heavy atom. The summed E-state index contributed by atoms with van der Waals surface area (Å²) in [5, 5.41) is 0. The number of rotatable bonds is 8. The first-order valence-electron chi connectivity index (χ1n) is 10.9. The number of hydrogen-bond acceptors (Lipinski definition) is 2. The van der Waals surface area contributed by atoms with Crippen molar-refractivity contribution in [3.63, 3.8) is 0 Å². The molecule has 3 rings (SSSR count). The molecule has 2 nitrogen and oxygen atoms in total. The third-order valence-corrected chi connectivity index (χ3v) is 6.08. The van der Waals surface area contributed by atoms with Crippen LogP contribution in [-0.2, 0) is 9.47 Å². The molecule has 1 fully saturated rings. The number of hydrogen-bond donors (Lipinski definition) is 0. The van der Waals surface area contributed by atoms with Gasteiger partial charge in [0.05, 0.1) is 19.8 Å². The Balaban J connectivity index is 1.60. The van der Waals surface area contributed by atoms with Gasteiger partial charge in [-0.25, -0.2) is 13.2 Å². The molecule has 1 aliphatic rings. The largest absolute Gasteiger partial charge is 0.494 e. The second kappa shape index (κ2) is 10.8. The Hall–Kier alpha value is -2.86. The summed E-state index contributed by atoms with van der Waals surface area (Å²) < 4.78 is 67.8. The molecule has 0 saturated heterocycles. The van der Waals surface area contributed by atoms with E-state index in [0.717, 1.165) is 5.56 Å². The lowest BCUT2D eigenvalue weighted by Crippen LogP contribution is -2.22. The smallest absolute Gasteiger partial charge is 0.200 e. The van der Waals surface area contributed by atoms with Gasteiger partial charge in [0.15, 0.2) is 23.3 Å². The monoisotopic (exact) mass is 460 g/mol. The molecule has 0 N–H and O–H groups in total. The first-order chi connectivity index (χ1) is 15.7. The average Bonchev–Trinajstić information content (AvgIpc) is 2.83. The van der Waals surface area contributed by atoms with Gasteiger partial charge in [-0.15, -0.1) is 0 Å². The van der Waals surface area contributed by atoms with E-state index in [1.807, 2.05) is 19.1 Å². The van der Waals surface area contributed by atoms with E-state index >= 15 is 0 Å². The molecule has 0 aliphatic heterocycles. The first-order valence-corrected chi connectivity index (χ1v) is 10.9. The van der Waals surface area contributed by atoms with Gasteiger partial charge in [0.1, 0.15) is 5.76 Å². The minimum Gasteiger partial charge on any atom is -0.494 e. The molecule has 2 aromatic rings. The van der Waals surface area contributed by atoms with Crippen LogP contribution in [0.2, 0.25) is 0 Å². The van der Waals surface area contributed by atoms with E-state index in [1.165, 1.54) is 7.11 Å². The highest BCUT2D eigenvalue weighted by Crippen LogP contribution is 2.38. The fraction of sp³-hybridized carbons (Fsp3) is 0.333. The summed E-state index contributed by atoms with van der Waals surface area (Å²) in [6.07, 6.45) is 2.20. The lowest BCUT2D eigenvalue weighted by atomic mass is 9.82. The summed E-state index contributed by atoms with van der Waals surface area (Å²) in [6, 6.07) is 10.6. The molecule has 0 spiro atoms. The third-order valence-electron chi connectivity index (χ3n) is 6.08. The quantitative estimate of drug-likeness (QED) is 0.227. The van der Waals surface area contributed by atoms with Crippen LogP contribution < -0.4 is 0 Å². The van der Waals surface area contributed by atoms with Crippen molar-refractivity contribution >= 4 is 0 Å². The van der Waals surface area contributed by atoms with Crippen molar-refractivity contribution in [2.45, 2.75) is 44.6 Å². The molecule has 6 heteroatoms. The lowest BCUT2D eigenvalue weighted by molar-refractivity contribution is 0.0380. The summed E-state index contributed by atoms with van der Waals surface area (Å²) in [7, 11) is 1.19. The highest BCUT2D eigenvalue weighted by molar-refractivity contribution is 5.65. The van der Waals surface area contributed by atoms with Crippen LogP contribution in [0.5, 0.6) is 0 Å². The van der Waals surface area contributed by atoms with Gasteiger partial charge in [0, 0.05) is 11.1 Å². The fourth-order valence-corrected chi connectivity index (χ4v) is 4.03. The van der Waals surface area contributed by atoms with E-state index in [1.54, 1.807) is 24.3 Å². The van der Waals surface area contributed by atoms with E-state index in [0.29, 0.717) is 36.8 Å². The van der Waals surface area contributed by atoms with Crippen LogP contribution in [0, 0.1) is 18.6 Å². The normalized spacial score (nSPS) is 19.1. The predicted molar refractivity (Wildman–Crippen MR) is 122 cm³/mol. The molecule has 1 saturated carbocycles. The molecule has 0 amide bonds. The Labute approximate surface area is 192 Å². The summed E-state index contributed by atoms with van der Waals surface area (Å²) >= 11 is 0. The fourth-order valence-electron chi connectivity index (χ4n) is 4.03. The molecule has 0 heterocycles. The second-order valence-electron chi connectivity index (χ2n) is 8.34. The van der Waals surface area contributed by atoms with Gasteiger partial charge in [-0.05, 0) is 49.7 Å². The van der Waals surface area contributed by atoms with Crippen LogP contribution in [-0.4, -0.2) is 19.8 Å². The number of aryl methyl sites for hydroxylation is 1. The molecule has 176 valence electrons. The summed E-state index contributed by atoms with van der Waals surface area (Å²) in [6.45, 7) is 8.53. The summed E-state index contributed by atoms with van der Waals surface area (Å²) in [5.41, 5.74) is 2.13. The maximum atomic E-state index is 14.9. The van der Waals surface area contributed by atoms with Crippen molar-refractivity contribution in [3.05, 3.63) is 95.3 Å². The zero-order valence-corrected chi connectivity index (χ0v) is 18.9. The van der Waals surface area contributed by atoms with E-state index in [4.69, 9.17) is 4.74 Å². The maximum absolute atomic E-state index is 14.9. The van der Waals surface area contributed by atoms with E-state index < -0.39 is 29.0 Å². The topological polar surface area (TPSA) is 18.5 Å². The van der Waals surface area contributed by atoms with E-state index in [9.17, 15) is 17.6 Å². The van der Waals surface area contributed by atoms with Gasteiger partial charge in [-0.2, -0.15) is 4.39 Å². The van der Waals surface area contributed by atoms with Crippen molar-refractivity contribution in [2.75, 3.05) is 13.7 Å². The number of benzene rings is 2. The van der Waals surface area contributed by atoms with Crippen molar-refractivity contribution in [2.24, 2.45) is 0 Å². The van der Waals surface area contributed by atoms with Crippen molar-refractivity contribution in [3.8, 4) is 11.1 Å². The van der Waals surface area contributed by atoms with Crippen LogP contribution in [0.15, 0.2) is 72.5 Å². The number of ether oxygens (including phenoxy) is 2. The van der Waals surface area contributed by atoms with Crippen LogP contribution >= 0.6 is 0 Å². The van der Waals surface area contributed by atoms with E-state index in [-0.39, 0.29) is 29.8 Å². The van der Waals surface area contributed by atoms with Gasteiger partial charge in [0.25, 0.3) is 0 Å². The van der Waals surface area contributed by atoms with Gasteiger partial charge >= 0.3 is 0 Å². The van der Waals surface area contributed by atoms with Crippen LogP contribution in [0.4, 0.5) is 17.6 Å². The Kier molecular flexibility index (Phi) is 8.14. The maximum Gasteiger partial charge on any atom is 0.200 e. The Morgan fingerprint density at radius 3 is 2.15 bits per heavy atom. The van der Waals surface area contributed by atoms with Crippen LogP contribution in [0.3, 0.4) is 0 Å². The number of methoxy groups -OCH3 is 1. The van der Waals surface area contributed by atoms with Gasteiger partial charge in [-0.3, -0.25) is 0 Å². The molecule has 0 aromatic heterocycles. The third kappa shape index (κ3) is 5.74. The SMILES string of the molecule is C=C(COC1CCC(c2ccc(-c3ccc(C)cc3)c(F)c2F)CC1)/C(F)=C(/F)C(=C)OC. The van der Waals surface area contributed by atoms with E-state index in [2.05, 4.69) is 17.9 Å². The molecular formula is C27H28F4O2. The average molecular weight is 461 g/mol. The molecule has 0 bridgehead atoms. The zero-order valence-electron chi connectivity index (χ0n) is 18.9. The number of halogens is 4. The zero-order chi connectivity index (χ0) is 24.1. The molecule has 0 atom stereocenters. The molecule has 33 heavy (non-hydrogen) atoms. The molecular weight excluding hydrogens is 432 g/mol. The highest BCUT2D eigenvalue weighted by Gasteiger charge is 2.27. The van der Waals surface area contributed by atoms with Crippen LogP contribution in [0.25, 0.3) is 11.1 Å². The predicted octanol–water partition coefficient (Wildman–Crippen LogP) is 7.85. The van der Waals surface area contributed by atoms with Gasteiger partial charge < -0.3 is 9.47 Å². The first kappa shape index (κ1) is 24.8. The molecule has 1 aliphatic carbocycles. The molecule has 0 unspecified atom stereocenters. The molecule has 0 radical (unpaired) electrons. The van der Waals surface area contributed by atoms with Crippen LogP contribution in [0.1, 0.15) is 42.7 Å². The Morgan fingerprint density at radius 2 is 1.55 bits per heavy atom. The van der Waals surface area contributed by atoms with Crippen molar-refractivity contribution in [1.29, 1.82) is 0 Å². The Bertz CT molecular complexity index is 1050. The van der Waals surface area contributed by atoms with Crippen molar-refractivity contribution in [1.82, 2.24) is 0 Å². The van der Waals surface area contributed by atoms with Gasteiger partial charge in [-0.1, -0.05) is 55.1 Å². The number of allylic oxidation sites excluding steroid dienone is 1. The second-order valence-corrected chi connectivity index (χ2v) is 8.34. The highest BCUT2D eigenvalue weighted by atomic mass is 19.2. The summed E-state index contributed by atoms with van der Waals surface area (Å²) in [5.74, 6) is -4.56. The molecule has 2 aromatic carbocycles. The van der Waals surface area contributed by atoms with Crippen molar-refractivity contribution < 1.29 is 27.0 Å². The minimum absolute atomic E-state index is 0.131. The minimum atomic E-state index is -1.21. The van der Waals surface area contributed by atoms with Gasteiger partial charge in [0.2, 0.25) is 0 Å². The lowest BCUT2D eigenvalue weighted by Gasteiger charge is -2.29.